The monoisotopic (exact) mass is 359 g/mol. The Labute approximate surface area is 145 Å². The van der Waals surface area contributed by atoms with Crippen LogP contribution in [0.4, 0.5) is 5.82 Å². The van der Waals surface area contributed by atoms with Crippen LogP contribution in [0.15, 0.2) is 72.0 Å². The van der Waals surface area contributed by atoms with Gasteiger partial charge in [0.2, 0.25) is 0 Å². The molecule has 0 aliphatic carbocycles. The molecule has 0 aliphatic rings. The van der Waals surface area contributed by atoms with Gasteiger partial charge in [-0.25, -0.2) is 8.42 Å². The summed E-state index contributed by atoms with van der Waals surface area (Å²) in [6, 6.07) is 13.9. The molecule has 0 fully saturated rings. The maximum Gasteiger partial charge on any atom is 0.182 e. The number of sulfone groups is 1. The summed E-state index contributed by atoms with van der Waals surface area (Å²) in [5, 5.41) is 0.481. The van der Waals surface area contributed by atoms with E-state index in [1.165, 1.54) is 12.5 Å². The Hall–Kier alpha value is -2.44. The Balaban J connectivity index is 2.02. The number of aromatic nitrogens is 2. The number of halogens is 1. The predicted molar refractivity (Wildman–Crippen MR) is 92.8 cm³/mol. The fourth-order valence-electron chi connectivity index (χ4n) is 2.17. The van der Waals surface area contributed by atoms with Crippen LogP contribution in [0.25, 0.3) is 16.6 Å². The predicted octanol–water partition coefficient (Wildman–Crippen LogP) is 3.56. The van der Waals surface area contributed by atoms with E-state index in [4.69, 9.17) is 11.6 Å². The number of benzene rings is 1. The molecule has 0 saturated heterocycles. The highest BCUT2D eigenvalue weighted by Crippen LogP contribution is 2.32. The highest BCUT2D eigenvalue weighted by molar-refractivity contribution is 7.90. The molecule has 2 heterocycles. The van der Waals surface area contributed by atoms with Crippen molar-refractivity contribution in [1.82, 2.24) is 4.98 Å². The lowest BCUT2D eigenvalue weighted by Crippen LogP contribution is -2.26. The molecule has 24 heavy (non-hydrogen) atoms. The van der Waals surface area contributed by atoms with Crippen molar-refractivity contribution in [1.29, 1.82) is 0 Å². The van der Waals surface area contributed by atoms with E-state index in [1.54, 1.807) is 47.4 Å². The van der Waals surface area contributed by atoms with Gasteiger partial charge in [0.25, 0.3) is 0 Å². The second-order valence-electron chi connectivity index (χ2n) is 5.18. The van der Waals surface area contributed by atoms with Gasteiger partial charge in [0.15, 0.2) is 22.2 Å². The highest BCUT2D eigenvalue weighted by atomic mass is 35.5. The van der Waals surface area contributed by atoms with Crippen molar-refractivity contribution in [2.24, 2.45) is 0 Å². The first-order valence-electron chi connectivity index (χ1n) is 7.08. The molecule has 0 bridgehead atoms. The minimum atomic E-state index is -3.24. The van der Waals surface area contributed by atoms with E-state index in [0.29, 0.717) is 10.8 Å². The third-order valence-electron chi connectivity index (χ3n) is 3.34. The number of rotatable bonds is 4. The van der Waals surface area contributed by atoms with Gasteiger partial charge in [-0.1, -0.05) is 36.0 Å². The molecule has 3 rings (SSSR count). The molecule has 0 saturated carbocycles. The van der Waals surface area contributed by atoms with Crippen LogP contribution < -0.4 is 4.68 Å². The van der Waals surface area contributed by atoms with Gasteiger partial charge >= 0.3 is 0 Å². The third-order valence-corrected chi connectivity index (χ3v) is 4.67. The molecule has 0 atom stereocenters. The standard InChI is InChI=1S/C17H14ClN3O2S/c1-24(22,23)15-7-5-13(6-8-15)16-11-14(18)12-19-17(16)20-21-9-3-2-4-10-21/h2-12H,1H3. The Kier molecular flexibility index (Phi) is 4.51. The van der Waals surface area contributed by atoms with Gasteiger partial charge in [-0.05, 0) is 29.3 Å². The minimum Gasteiger partial charge on any atom is -0.436 e. The van der Waals surface area contributed by atoms with Crippen molar-refractivity contribution in [2.45, 2.75) is 4.90 Å². The molecule has 0 spiro atoms. The van der Waals surface area contributed by atoms with E-state index < -0.39 is 9.84 Å². The summed E-state index contributed by atoms with van der Waals surface area (Å²) in [6.45, 7) is 0. The molecule has 0 aliphatic heterocycles. The van der Waals surface area contributed by atoms with Crippen molar-refractivity contribution < 1.29 is 13.1 Å². The van der Waals surface area contributed by atoms with Gasteiger partial charge in [-0.3, -0.25) is 0 Å². The molecule has 0 unspecified atom stereocenters. The van der Waals surface area contributed by atoms with Crippen molar-refractivity contribution in [3.8, 4) is 11.1 Å². The summed E-state index contributed by atoms with van der Waals surface area (Å²) in [4.78, 5) is 4.54. The van der Waals surface area contributed by atoms with Gasteiger partial charge in [-0.2, -0.15) is 10.1 Å². The zero-order valence-corrected chi connectivity index (χ0v) is 14.4. The van der Waals surface area contributed by atoms with Gasteiger partial charge < -0.3 is 4.98 Å². The largest absolute Gasteiger partial charge is 0.436 e. The molecule has 3 aromatic rings. The van der Waals surface area contributed by atoms with Gasteiger partial charge in [-0.15, -0.1) is 0 Å². The summed E-state index contributed by atoms with van der Waals surface area (Å²) < 4.78 is 24.8. The summed E-state index contributed by atoms with van der Waals surface area (Å²) in [5.41, 5.74) is 5.96. The van der Waals surface area contributed by atoms with E-state index in [1.807, 2.05) is 18.2 Å². The normalized spacial score (nSPS) is 11.2. The highest BCUT2D eigenvalue weighted by Gasteiger charge is 2.09. The minimum absolute atomic E-state index is 0.261. The Morgan fingerprint density at radius 1 is 1.08 bits per heavy atom. The van der Waals surface area contributed by atoms with Gasteiger partial charge in [0.05, 0.1) is 4.90 Å². The van der Waals surface area contributed by atoms with E-state index in [-0.39, 0.29) is 4.90 Å². The molecule has 1 aromatic carbocycles. The molecule has 0 N–H and O–H groups in total. The summed E-state index contributed by atoms with van der Waals surface area (Å²) in [6.07, 6.45) is 6.30. The molecular formula is C17H14ClN3O2S. The fourth-order valence-corrected chi connectivity index (χ4v) is 2.96. The summed E-state index contributed by atoms with van der Waals surface area (Å²) >= 11 is 6.07. The van der Waals surface area contributed by atoms with Crippen LogP contribution >= 0.6 is 11.6 Å². The summed E-state index contributed by atoms with van der Waals surface area (Å²) in [7, 11) is -3.24. The topological polar surface area (TPSA) is 65.0 Å². The van der Waals surface area contributed by atoms with E-state index >= 15 is 0 Å². The average Bonchev–Trinajstić information content (AvgIpc) is 2.57. The Morgan fingerprint density at radius 3 is 2.38 bits per heavy atom. The van der Waals surface area contributed by atoms with Crippen molar-refractivity contribution in [3.63, 3.8) is 0 Å². The first-order valence-corrected chi connectivity index (χ1v) is 9.35. The van der Waals surface area contributed by atoms with Crippen LogP contribution in [-0.2, 0) is 9.84 Å². The van der Waals surface area contributed by atoms with Crippen LogP contribution in [0, 0.1) is 0 Å². The van der Waals surface area contributed by atoms with Crippen molar-refractivity contribution in [3.05, 3.63) is 77.6 Å². The molecular weight excluding hydrogens is 346 g/mol. The quantitative estimate of drug-likeness (QED) is 0.669. The molecule has 0 amide bonds. The lowest BCUT2D eigenvalue weighted by atomic mass is 10.1. The Bertz CT molecular complexity index is 959. The molecule has 2 aromatic heterocycles. The molecule has 5 nitrogen and oxygen atoms in total. The third kappa shape index (κ3) is 3.72. The van der Waals surface area contributed by atoms with Crippen molar-refractivity contribution in [2.75, 3.05) is 6.26 Å². The van der Waals surface area contributed by atoms with Gasteiger partial charge in [0.1, 0.15) is 0 Å². The second kappa shape index (κ2) is 6.59. The molecule has 122 valence electrons. The molecule has 0 radical (unpaired) electrons. The first-order chi connectivity index (χ1) is 11.4. The maximum atomic E-state index is 11.6. The summed E-state index contributed by atoms with van der Waals surface area (Å²) in [5.74, 6) is 0.489. The van der Waals surface area contributed by atoms with E-state index in [2.05, 4.69) is 10.4 Å². The second-order valence-corrected chi connectivity index (χ2v) is 7.63. The van der Waals surface area contributed by atoms with Crippen LogP contribution in [-0.4, -0.2) is 19.7 Å². The smallest absolute Gasteiger partial charge is 0.182 e. The number of pyridine rings is 2. The molecule has 7 heteroatoms. The number of hydrogen-bond donors (Lipinski definition) is 0. The SMILES string of the molecule is CS(=O)(=O)c1ccc(-c2cc(Cl)cnc2[N-][n+]2ccccc2)cc1. The van der Waals surface area contributed by atoms with E-state index in [9.17, 15) is 8.42 Å². The van der Waals surface area contributed by atoms with Gasteiger partial charge in [0, 0.05) is 29.2 Å². The lowest BCUT2D eigenvalue weighted by molar-refractivity contribution is -0.619. The van der Waals surface area contributed by atoms with Crippen LogP contribution in [0.1, 0.15) is 0 Å². The fraction of sp³-hybridized carbons (Fsp3) is 0.0588. The maximum absolute atomic E-state index is 11.6. The lowest BCUT2D eigenvalue weighted by Gasteiger charge is -2.15. The Morgan fingerprint density at radius 2 is 1.75 bits per heavy atom. The van der Waals surface area contributed by atoms with Crippen molar-refractivity contribution >= 4 is 27.3 Å². The zero-order chi connectivity index (χ0) is 17.2. The zero-order valence-electron chi connectivity index (χ0n) is 12.8. The van der Waals surface area contributed by atoms with Crippen LogP contribution in [0.3, 0.4) is 0 Å². The average molecular weight is 360 g/mol. The number of hydrogen-bond acceptors (Lipinski definition) is 3. The van der Waals surface area contributed by atoms with E-state index in [0.717, 1.165) is 11.1 Å². The number of nitrogens with zero attached hydrogens (tertiary/aromatic N) is 3. The van der Waals surface area contributed by atoms with Crippen LogP contribution in [0.5, 0.6) is 0 Å². The van der Waals surface area contributed by atoms with Crippen LogP contribution in [0.2, 0.25) is 5.02 Å². The first kappa shape index (κ1) is 16.4.